The van der Waals surface area contributed by atoms with Crippen LogP contribution in [0.2, 0.25) is 0 Å². The van der Waals surface area contributed by atoms with Crippen molar-refractivity contribution in [3.63, 3.8) is 0 Å². The van der Waals surface area contributed by atoms with Crippen molar-refractivity contribution in [2.45, 2.75) is 12.8 Å². The Bertz CT molecular complexity index is 271. The smallest absolute Gasteiger partial charge is 0.159 e. The van der Waals surface area contributed by atoms with Crippen molar-refractivity contribution < 1.29 is 8.78 Å². The summed E-state index contributed by atoms with van der Waals surface area (Å²) < 4.78 is 25.0. The van der Waals surface area contributed by atoms with Crippen LogP contribution in [-0.2, 0) is 5.88 Å². The second-order valence-electron chi connectivity index (χ2n) is 2.33. The molecule has 60 valence electrons. The first-order valence-electron chi connectivity index (χ1n) is 3.15. The Kier molecular flexibility index (Phi) is 2.45. The summed E-state index contributed by atoms with van der Waals surface area (Å²) in [4.78, 5) is 0. The lowest BCUT2D eigenvalue weighted by Gasteiger charge is -2.01. The molecule has 0 aromatic heterocycles. The molecule has 3 heteroatoms. The first kappa shape index (κ1) is 8.47. The van der Waals surface area contributed by atoms with Crippen LogP contribution in [0.25, 0.3) is 0 Å². The molecule has 0 aliphatic heterocycles. The molecule has 0 nitrogen and oxygen atoms in total. The van der Waals surface area contributed by atoms with E-state index in [-0.39, 0.29) is 5.88 Å². The van der Waals surface area contributed by atoms with E-state index in [1.165, 1.54) is 0 Å². The van der Waals surface area contributed by atoms with E-state index >= 15 is 0 Å². The van der Waals surface area contributed by atoms with Gasteiger partial charge in [-0.3, -0.25) is 0 Å². The van der Waals surface area contributed by atoms with Crippen LogP contribution in [0.3, 0.4) is 0 Å². The fourth-order valence-corrected chi connectivity index (χ4v) is 1.12. The molecule has 1 aromatic carbocycles. The molecule has 0 fully saturated rings. The maximum Gasteiger partial charge on any atom is 0.159 e. The summed E-state index contributed by atoms with van der Waals surface area (Å²) in [6.07, 6.45) is 0. The minimum Gasteiger partial charge on any atom is -0.204 e. The van der Waals surface area contributed by atoms with E-state index < -0.39 is 11.6 Å². The molecule has 0 amide bonds. The minimum atomic E-state index is -0.841. The van der Waals surface area contributed by atoms with Gasteiger partial charge in [-0.25, -0.2) is 8.78 Å². The van der Waals surface area contributed by atoms with Crippen molar-refractivity contribution in [3.8, 4) is 0 Å². The molecular formula is C8H7ClF2. The Morgan fingerprint density at radius 2 is 1.82 bits per heavy atom. The maximum absolute atomic E-state index is 12.5. The standard InChI is InChI=1S/C8H7ClF2/c1-5-2-7(10)8(11)3-6(5)4-9/h2-3H,4H2,1H3. The van der Waals surface area contributed by atoms with Crippen LogP contribution in [0.4, 0.5) is 8.78 Å². The number of hydrogen-bond donors (Lipinski definition) is 0. The Morgan fingerprint density at radius 1 is 1.27 bits per heavy atom. The molecule has 0 radical (unpaired) electrons. The first-order valence-corrected chi connectivity index (χ1v) is 3.69. The van der Waals surface area contributed by atoms with Gasteiger partial charge in [0.2, 0.25) is 0 Å². The zero-order valence-electron chi connectivity index (χ0n) is 6.00. The average molecular weight is 177 g/mol. The highest BCUT2D eigenvalue weighted by Gasteiger charge is 2.04. The normalized spacial score (nSPS) is 10.2. The van der Waals surface area contributed by atoms with Gasteiger partial charge in [0.15, 0.2) is 11.6 Å². The van der Waals surface area contributed by atoms with E-state index in [2.05, 4.69) is 0 Å². The molecule has 0 N–H and O–H groups in total. The van der Waals surface area contributed by atoms with Crippen LogP contribution < -0.4 is 0 Å². The lowest BCUT2D eigenvalue weighted by molar-refractivity contribution is 0.506. The van der Waals surface area contributed by atoms with Gasteiger partial charge in [0.25, 0.3) is 0 Å². The van der Waals surface area contributed by atoms with Gasteiger partial charge in [-0.2, -0.15) is 0 Å². The predicted molar refractivity (Wildman–Crippen MR) is 40.7 cm³/mol. The molecule has 0 aliphatic rings. The van der Waals surface area contributed by atoms with Crippen molar-refractivity contribution in [2.75, 3.05) is 0 Å². The Morgan fingerprint density at radius 3 is 2.36 bits per heavy atom. The molecule has 0 aliphatic carbocycles. The lowest BCUT2D eigenvalue weighted by atomic mass is 10.1. The van der Waals surface area contributed by atoms with Gasteiger partial charge < -0.3 is 0 Å². The summed E-state index contributed by atoms with van der Waals surface area (Å²) in [6.45, 7) is 1.69. The maximum atomic E-state index is 12.5. The predicted octanol–water partition coefficient (Wildman–Crippen LogP) is 3.01. The lowest BCUT2D eigenvalue weighted by Crippen LogP contribution is -1.91. The molecule has 0 atom stereocenters. The van der Waals surface area contributed by atoms with Crippen molar-refractivity contribution in [3.05, 3.63) is 34.9 Å². The highest BCUT2D eigenvalue weighted by atomic mass is 35.5. The van der Waals surface area contributed by atoms with Gasteiger partial charge in [0.1, 0.15) is 0 Å². The summed E-state index contributed by atoms with van der Waals surface area (Å²) in [7, 11) is 0. The second kappa shape index (κ2) is 3.18. The molecule has 0 saturated carbocycles. The molecular weight excluding hydrogens is 170 g/mol. The molecule has 0 saturated heterocycles. The van der Waals surface area contributed by atoms with Crippen LogP contribution >= 0.6 is 11.6 Å². The fourth-order valence-electron chi connectivity index (χ4n) is 0.831. The highest BCUT2D eigenvalue weighted by Crippen LogP contribution is 2.15. The van der Waals surface area contributed by atoms with Gasteiger partial charge in [-0.1, -0.05) is 0 Å². The van der Waals surface area contributed by atoms with E-state index in [1.54, 1.807) is 6.92 Å². The van der Waals surface area contributed by atoms with Crippen LogP contribution in [0, 0.1) is 18.6 Å². The quantitative estimate of drug-likeness (QED) is 0.577. The van der Waals surface area contributed by atoms with Gasteiger partial charge in [-0.05, 0) is 30.2 Å². The summed E-state index contributed by atoms with van der Waals surface area (Å²) in [5.41, 5.74) is 1.31. The molecule has 1 aromatic rings. The van der Waals surface area contributed by atoms with E-state index in [4.69, 9.17) is 11.6 Å². The van der Waals surface area contributed by atoms with Crippen molar-refractivity contribution >= 4 is 11.6 Å². The average Bonchev–Trinajstić information content (AvgIpc) is 1.97. The van der Waals surface area contributed by atoms with Crippen LogP contribution in [-0.4, -0.2) is 0 Å². The van der Waals surface area contributed by atoms with E-state index in [1.807, 2.05) is 0 Å². The SMILES string of the molecule is Cc1cc(F)c(F)cc1CCl. The Labute approximate surface area is 68.8 Å². The summed E-state index contributed by atoms with van der Waals surface area (Å²) >= 11 is 5.47. The Hall–Kier alpha value is -0.630. The Balaban J connectivity index is 3.21. The monoisotopic (exact) mass is 176 g/mol. The summed E-state index contributed by atoms with van der Waals surface area (Å²) in [5.74, 6) is -1.45. The molecule has 11 heavy (non-hydrogen) atoms. The molecule has 1 rings (SSSR count). The van der Waals surface area contributed by atoms with Crippen molar-refractivity contribution in [1.82, 2.24) is 0 Å². The van der Waals surface area contributed by atoms with Crippen LogP contribution in [0.1, 0.15) is 11.1 Å². The molecule has 0 bridgehead atoms. The third-order valence-corrected chi connectivity index (χ3v) is 1.81. The third kappa shape index (κ3) is 1.69. The molecule has 0 heterocycles. The zero-order chi connectivity index (χ0) is 8.43. The number of aryl methyl sites for hydroxylation is 1. The highest BCUT2D eigenvalue weighted by molar-refractivity contribution is 6.17. The van der Waals surface area contributed by atoms with Crippen molar-refractivity contribution in [2.24, 2.45) is 0 Å². The van der Waals surface area contributed by atoms with Gasteiger partial charge in [-0.15, -0.1) is 11.6 Å². The van der Waals surface area contributed by atoms with Crippen LogP contribution in [0.15, 0.2) is 12.1 Å². The summed E-state index contributed by atoms with van der Waals surface area (Å²) in [5, 5.41) is 0. The summed E-state index contributed by atoms with van der Waals surface area (Å²) in [6, 6.07) is 2.27. The third-order valence-electron chi connectivity index (χ3n) is 1.52. The van der Waals surface area contributed by atoms with E-state index in [0.29, 0.717) is 11.1 Å². The number of benzene rings is 1. The number of halogens is 3. The largest absolute Gasteiger partial charge is 0.204 e. The van der Waals surface area contributed by atoms with Gasteiger partial charge in [0.05, 0.1) is 0 Å². The first-order chi connectivity index (χ1) is 5.15. The van der Waals surface area contributed by atoms with E-state index in [0.717, 1.165) is 12.1 Å². The van der Waals surface area contributed by atoms with Crippen LogP contribution in [0.5, 0.6) is 0 Å². The molecule has 0 unspecified atom stereocenters. The van der Waals surface area contributed by atoms with E-state index in [9.17, 15) is 8.78 Å². The number of hydrogen-bond acceptors (Lipinski definition) is 0. The second-order valence-corrected chi connectivity index (χ2v) is 2.59. The molecule has 0 spiro atoms. The topological polar surface area (TPSA) is 0 Å². The number of rotatable bonds is 1. The fraction of sp³-hybridized carbons (Fsp3) is 0.250. The van der Waals surface area contributed by atoms with Gasteiger partial charge >= 0.3 is 0 Å². The van der Waals surface area contributed by atoms with Gasteiger partial charge in [0, 0.05) is 5.88 Å². The zero-order valence-corrected chi connectivity index (χ0v) is 6.75. The minimum absolute atomic E-state index is 0.211. The van der Waals surface area contributed by atoms with Crippen molar-refractivity contribution in [1.29, 1.82) is 0 Å². The number of alkyl halides is 1.